The van der Waals surface area contributed by atoms with Crippen LogP contribution in [-0.2, 0) is 0 Å². The van der Waals surface area contributed by atoms with Crippen LogP contribution in [0.3, 0.4) is 0 Å². The van der Waals surface area contributed by atoms with E-state index in [1.54, 1.807) is 0 Å². The first-order valence-corrected chi connectivity index (χ1v) is 8.34. The van der Waals surface area contributed by atoms with Crippen LogP contribution in [0.15, 0.2) is 29.6 Å². The minimum Gasteiger partial charge on any atom is -0.358 e. The number of thiazole rings is 1. The lowest BCUT2D eigenvalue weighted by molar-refractivity contribution is 0.244. The molecule has 0 atom stereocenters. The number of carbonyl (C=O) groups is 1. The zero-order valence-electron chi connectivity index (χ0n) is 13.7. The smallest absolute Gasteiger partial charge is 0.321 e. The summed E-state index contributed by atoms with van der Waals surface area (Å²) in [4.78, 5) is 19.9. The highest BCUT2D eigenvalue weighted by atomic mass is 32.1. The second kappa shape index (κ2) is 5.70. The monoisotopic (exact) mass is 328 g/mol. The molecular formula is C17H20N4OS. The molecule has 3 aromatic rings. The zero-order chi connectivity index (χ0) is 16.6. The van der Waals surface area contributed by atoms with Crippen molar-refractivity contribution in [3.8, 4) is 11.3 Å². The van der Waals surface area contributed by atoms with Gasteiger partial charge >= 0.3 is 6.03 Å². The Morgan fingerprint density at radius 1 is 1.26 bits per heavy atom. The van der Waals surface area contributed by atoms with Crippen LogP contribution in [0.25, 0.3) is 22.2 Å². The van der Waals surface area contributed by atoms with Gasteiger partial charge in [0.2, 0.25) is 0 Å². The van der Waals surface area contributed by atoms with Crippen molar-refractivity contribution >= 4 is 33.4 Å². The number of anilines is 1. The van der Waals surface area contributed by atoms with Gasteiger partial charge in [0.15, 0.2) is 5.13 Å². The molecule has 120 valence electrons. The molecule has 0 fully saturated rings. The quantitative estimate of drug-likeness (QED) is 0.647. The minimum absolute atomic E-state index is 0.242. The summed E-state index contributed by atoms with van der Waals surface area (Å²) in [6.07, 6.45) is 0. The van der Waals surface area contributed by atoms with Crippen molar-refractivity contribution < 1.29 is 4.79 Å². The second-order valence-corrected chi connectivity index (χ2v) is 7.40. The first-order chi connectivity index (χ1) is 10.8. The van der Waals surface area contributed by atoms with Crippen LogP contribution in [0.1, 0.15) is 26.5 Å². The lowest BCUT2D eigenvalue weighted by atomic mass is 10.1. The SMILES string of the molecule is Cc1[nH]c2ccccc2c1-c1csc(NC(=O)NC(C)(C)C)n1. The summed E-state index contributed by atoms with van der Waals surface area (Å²) in [5.41, 5.74) is 3.84. The molecule has 0 aliphatic carbocycles. The molecule has 23 heavy (non-hydrogen) atoms. The van der Waals surface area contributed by atoms with Crippen molar-refractivity contribution in [3.63, 3.8) is 0 Å². The van der Waals surface area contributed by atoms with E-state index in [2.05, 4.69) is 26.7 Å². The Bertz CT molecular complexity index is 857. The van der Waals surface area contributed by atoms with Gasteiger partial charge in [0.05, 0.1) is 5.69 Å². The molecule has 0 aliphatic heterocycles. The third-order valence-electron chi connectivity index (χ3n) is 3.36. The van der Waals surface area contributed by atoms with Crippen molar-refractivity contribution in [1.82, 2.24) is 15.3 Å². The summed E-state index contributed by atoms with van der Waals surface area (Å²) in [6, 6.07) is 7.91. The predicted molar refractivity (Wildman–Crippen MR) is 96.1 cm³/mol. The van der Waals surface area contributed by atoms with Crippen LogP contribution in [0.2, 0.25) is 0 Å². The number of hydrogen-bond donors (Lipinski definition) is 3. The molecule has 3 rings (SSSR count). The molecule has 2 heterocycles. The van der Waals surface area contributed by atoms with E-state index in [0.717, 1.165) is 27.9 Å². The van der Waals surface area contributed by atoms with Crippen LogP contribution in [0.5, 0.6) is 0 Å². The number of aromatic amines is 1. The molecule has 2 amide bonds. The highest BCUT2D eigenvalue weighted by Gasteiger charge is 2.17. The van der Waals surface area contributed by atoms with Crippen molar-refractivity contribution in [1.29, 1.82) is 0 Å². The average molecular weight is 328 g/mol. The Morgan fingerprint density at radius 2 is 2.00 bits per heavy atom. The standard InChI is InChI=1S/C17H20N4OS/c1-10-14(11-7-5-6-8-12(11)18-10)13-9-23-16(19-13)20-15(22)21-17(2,3)4/h5-9,18H,1-4H3,(H2,19,20,21,22). The van der Waals surface area contributed by atoms with Crippen LogP contribution in [-0.4, -0.2) is 21.5 Å². The van der Waals surface area contributed by atoms with E-state index in [4.69, 9.17) is 0 Å². The zero-order valence-corrected chi connectivity index (χ0v) is 14.5. The number of carbonyl (C=O) groups excluding carboxylic acids is 1. The number of aryl methyl sites for hydroxylation is 1. The lowest BCUT2D eigenvalue weighted by Crippen LogP contribution is -2.43. The van der Waals surface area contributed by atoms with E-state index < -0.39 is 0 Å². The van der Waals surface area contributed by atoms with Crippen molar-refractivity contribution in [2.75, 3.05) is 5.32 Å². The molecule has 1 aromatic carbocycles. The first kappa shape index (κ1) is 15.6. The van der Waals surface area contributed by atoms with Crippen LogP contribution < -0.4 is 10.6 Å². The number of fused-ring (bicyclic) bond motifs is 1. The van der Waals surface area contributed by atoms with Crippen LogP contribution in [0.4, 0.5) is 9.93 Å². The number of benzene rings is 1. The van der Waals surface area contributed by atoms with Gasteiger partial charge in [-0.05, 0) is 33.8 Å². The number of amides is 2. The summed E-state index contributed by atoms with van der Waals surface area (Å²) >= 11 is 1.42. The Balaban J connectivity index is 1.87. The van der Waals surface area contributed by atoms with E-state index >= 15 is 0 Å². The van der Waals surface area contributed by atoms with Gasteiger partial charge < -0.3 is 10.3 Å². The number of H-pyrrole nitrogens is 1. The highest BCUT2D eigenvalue weighted by molar-refractivity contribution is 7.14. The Hall–Kier alpha value is -2.34. The number of aromatic nitrogens is 2. The van der Waals surface area contributed by atoms with E-state index in [9.17, 15) is 4.79 Å². The summed E-state index contributed by atoms with van der Waals surface area (Å²) in [7, 11) is 0. The fourth-order valence-corrected chi connectivity index (χ4v) is 3.22. The third-order valence-corrected chi connectivity index (χ3v) is 4.12. The van der Waals surface area contributed by atoms with E-state index in [0.29, 0.717) is 5.13 Å². The lowest BCUT2D eigenvalue weighted by Gasteiger charge is -2.20. The molecule has 0 bridgehead atoms. The fraction of sp³-hybridized carbons (Fsp3) is 0.294. The van der Waals surface area contributed by atoms with Crippen LogP contribution in [0, 0.1) is 6.92 Å². The third kappa shape index (κ3) is 3.37. The number of rotatable bonds is 2. The van der Waals surface area contributed by atoms with Gasteiger partial charge in [-0.3, -0.25) is 5.32 Å². The summed E-state index contributed by atoms with van der Waals surface area (Å²) in [6.45, 7) is 7.85. The number of urea groups is 1. The van der Waals surface area contributed by atoms with Gasteiger partial charge in [-0.1, -0.05) is 18.2 Å². The molecule has 0 saturated heterocycles. The Kier molecular flexibility index (Phi) is 3.85. The number of hydrogen-bond acceptors (Lipinski definition) is 3. The van der Waals surface area contributed by atoms with E-state index in [1.807, 2.05) is 51.3 Å². The van der Waals surface area contributed by atoms with Gasteiger partial charge in [-0.15, -0.1) is 11.3 Å². The molecule has 0 radical (unpaired) electrons. The number of nitrogens with one attached hydrogen (secondary N) is 3. The normalized spacial score (nSPS) is 11.7. The molecule has 0 saturated carbocycles. The molecule has 0 unspecified atom stereocenters. The predicted octanol–water partition coefficient (Wildman–Crippen LogP) is 4.52. The van der Waals surface area contributed by atoms with Gasteiger partial charge in [-0.2, -0.15) is 0 Å². The summed E-state index contributed by atoms with van der Waals surface area (Å²) in [5.74, 6) is 0. The number of nitrogens with zero attached hydrogens (tertiary/aromatic N) is 1. The summed E-state index contributed by atoms with van der Waals surface area (Å²) < 4.78 is 0. The molecule has 3 N–H and O–H groups in total. The first-order valence-electron chi connectivity index (χ1n) is 7.46. The van der Waals surface area contributed by atoms with Gasteiger partial charge in [0.25, 0.3) is 0 Å². The van der Waals surface area contributed by atoms with Gasteiger partial charge in [0, 0.05) is 33.1 Å². The molecule has 6 heteroatoms. The van der Waals surface area contributed by atoms with Crippen molar-refractivity contribution in [3.05, 3.63) is 35.3 Å². The molecule has 0 aliphatic rings. The fourth-order valence-electron chi connectivity index (χ4n) is 2.52. The van der Waals surface area contributed by atoms with Crippen molar-refractivity contribution in [2.24, 2.45) is 0 Å². The maximum atomic E-state index is 11.9. The Morgan fingerprint density at radius 3 is 2.74 bits per heavy atom. The van der Waals surface area contributed by atoms with E-state index in [1.165, 1.54) is 11.3 Å². The van der Waals surface area contributed by atoms with E-state index in [-0.39, 0.29) is 11.6 Å². The molecule has 2 aromatic heterocycles. The molecule has 5 nitrogen and oxygen atoms in total. The number of para-hydroxylation sites is 1. The maximum Gasteiger partial charge on any atom is 0.321 e. The minimum atomic E-state index is -0.280. The molecular weight excluding hydrogens is 308 g/mol. The van der Waals surface area contributed by atoms with Gasteiger partial charge in [-0.25, -0.2) is 9.78 Å². The maximum absolute atomic E-state index is 11.9. The molecule has 0 spiro atoms. The average Bonchev–Trinajstić information content (AvgIpc) is 2.99. The summed E-state index contributed by atoms with van der Waals surface area (Å²) in [5, 5.41) is 9.36. The largest absolute Gasteiger partial charge is 0.358 e. The Labute approximate surface area is 139 Å². The topological polar surface area (TPSA) is 69.8 Å². The van der Waals surface area contributed by atoms with Crippen molar-refractivity contribution in [2.45, 2.75) is 33.2 Å². The van der Waals surface area contributed by atoms with Gasteiger partial charge in [0.1, 0.15) is 0 Å². The second-order valence-electron chi connectivity index (χ2n) is 6.54. The highest BCUT2D eigenvalue weighted by Crippen LogP contribution is 2.33. The van der Waals surface area contributed by atoms with Crippen LogP contribution >= 0.6 is 11.3 Å².